The Bertz CT molecular complexity index is 754. The molecule has 1 heterocycles. The molecule has 114 valence electrons. The fourth-order valence-electron chi connectivity index (χ4n) is 2.62. The number of nitrogens with zero attached hydrogens (tertiary/aromatic N) is 1. The number of aldehydes is 1. The van der Waals surface area contributed by atoms with E-state index in [1.165, 1.54) is 12.1 Å². The van der Waals surface area contributed by atoms with E-state index in [-0.39, 0.29) is 18.2 Å². The van der Waals surface area contributed by atoms with E-state index in [0.29, 0.717) is 16.9 Å². The average Bonchev–Trinajstić information content (AvgIpc) is 2.83. The van der Waals surface area contributed by atoms with Crippen molar-refractivity contribution >= 4 is 29.3 Å². The number of anilines is 2. The van der Waals surface area contributed by atoms with Crippen LogP contribution in [0.2, 0.25) is 5.02 Å². The summed E-state index contributed by atoms with van der Waals surface area (Å²) in [6.07, 6.45) is 0.603. The minimum Gasteiger partial charge on any atom is -0.326 e. The molecule has 2 aromatic carbocycles. The van der Waals surface area contributed by atoms with Gasteiger partial charge in [-0.05, 0) is 23.8 Å². The molecule has 1 aliphatic heterocycles. The summed E-state index contributed by atoms with van der Waals surface area (Å²) in [4.78, 5) is 12.2. The normalized spacial score (nSPS) is 16.8. The summed E-state index contributed by atoms with van der Waals surface area (Å²) in [6, 6.07) is 3.61. The van der Waals surface area contributed by atoms with Crippen molar-refractivity contribution in [2.75, 3.05) is 4.90 Å². The standard InChI is InChI=1S/C15H8ClF4NO/c16-8-1-2-12-7(3-8)4-9(6-22)21(12)15-13(19)10(17)5-11(18)14(15)20/h1-3,5-6,9H,4H2. The maximum Gasteiger partial charge on any atom is 0.185 e. The molecular weight excluding hydrogens is 322 g/mol. The molecule has 1 aliphatic rings. The van der Waals surface area contributed by atoms with Gasteiger partial charge in [-0.15, -0.1) is 0 Å². The van der Waals surface area contributed by atoms with Crippen molar-refractivity contribution in [2.45, 2.75) is 12.5 Å². The first-order valence-electron chi connectivity index (χ1n) is 6.30. The SMILES string of the molecule is O=CC1Cc2cc(Cl)ccc2N1c1c(F)c(F)cc(F)c1F. The zero-order valence-corrected chi connectivity index (χ0v) is 11.7. The van der Waals surface area contributed by atoms with E-state index in [1.54, 1.807) is 6.07 Å². The zero-order valence-electron chi connectivity index (χ0n) is 10.9. The van der Waals surface area contributed by atoms with Crippen molar-refractivity contribution in [3.63, 3.8) is 0 Å². The predicted molar refractivity (Wildman–Crippen MR) is 73.4 cm³/mol. The lowest BCUT2D eigenvalue weighted by Gasteiger charge is -2.25. The molecule has 0 aromatic heterocycles. The number of carbonyl (C=O) groups is 1. The second kappa shape index (κ2) is 5.28. The van der Waals surface area contributed by atoms with Crippen LogP contribution in [0.25, 0.3) is 0 Å². The molecule has 1 unspecified atom stereocenters. The van der Waals surface area contributed by atoms with E-state index in [2.05, 4.69) is 0 Å². The Morgan fingerprint density at radius 3 is 2.32 bits per heavy atom. The molecule has 22 heavy (non-hydrogen) atoms. The van der Waals surface area contributed by atoms with E-state index >= 15 is 0 Å². The van der Waals surface area contributed by atoms with Gasteiger partial charge in [0.2, 0.25) is 0 Å². The summed E-state index contributed by atoms with van der Waals surface area (Å²) in [5.74, 6) is -6.15. The van der Waals surface area contributed by atoms with Gasteiger partial charge in [-0.3, -0.25) is 0 Å². The summed E-state index contributed by atoms with van der Waals surface area (Å²) in [6.45, 7) is 0. The molecule has 2 nitrogen and oxygen atoms in total. The predicted octanol–water partition coefficient (Wildman–Crippen LogP) is 4.16. The molecule has 0 aliphatic carbocycles. The summed E-state index contributed by atoms with van der Waals surface area (Å²) in [5, 5.41) is 0.386. The van der Waals surface area contributed by atoms with E-state index in [1.807, 2.05) is 0 Å². The van der Waals surface area contributed by atoms with Crippen molar-refractivity contribution in [3.8, 4) is 0 Å². The molecular formula is C15H8ClF4NO. The largest absolute Gasteiger partial charge is 0.326 e. The Kier molecular flexibility index (Phi) is 3.56. The highest BCUT2D eigenvalue weighted by molar-refractivity contribution is 6.30. The van der Waals surface area contributed by atoms with Gasteiger partial charge in [0.25, 0.3) is 0 Å². The highest BCUT2D eigenvalue weighted by Crippen LogP contribution is 2.42. The van der Waals surface area contributed by atoms with Crippen LogP contribution in [-0.2, 0) is 11.2 Å². The quantitative estimate of drug-likeness (QED) is 0.468. The topological polar surface area (TPSA) is 20.3 Å². The summed E-state index contributed by atoms with van der Waals surface area (Å²) >= 11 is 5.85. The second-order valence-electron chi connectivity index (χ2n) is 4.87. The Labute approximate surface area is 127 Å². The number of hydrogen-bond donors (Lipinski definition) is 0. The lowest BCUT2D eigenvalue weighted by molar-refractivity contribution is -0.108. The molecule has 0 radical (unpaired) electrons. The van der Waals surface area contributed by atoms with Gasteiger partial charge in [0.1, 0.15) is 12.0 Å². The minimum absolute atomic E-state index is 0.128. The van der Waals surface area contributed by atoms with Crippen molar-refractivity contribution in [3.05, 3.63) is 58.1 Å². The van der Waals surface area contributed by atoms with Crippen LogP contribution in [0.4, 0.5) is 28.9 Å². The van der Waals surface area contributed by atoms with Gasteiger partial charge in [-0.1, -0.05) is 11.6 Å². The Hall–Kier alpha value is -2.08. The van der Waals surface area contributed by atoms with Crippen LogP contribution >= 0.6 is 11.6 Å². The molecule has 2 aromatic rings. The third kappa shape index (κ3) is 2.14. The first-order chi connectivity index (χ1) is 10.4. The fraction of sp³-hybridized carbons (Fsp3) is 0.133. The lowest BCUT2D eigenvalue weighted by atomic mass is 10.1. The van der Waals surface area contributed by atoms with Gasteiger partial charge in [-0.2, -0.15) is 0 Å². The van der Waals surface area contributed by atoms with Crippen molar-refractivity contribution in [1.29, 1.82) is 0 Å². The molecule has 0 fully saturated rings. The van der Waals surface area contributed by atoms with Crippen LogP contribution in [0.1, 0.15) is 5.56 Å². The Morgan fingerprint density at radius 2 is 1.73 bits per heavy atom. The number of rotatable bonds is 2. The maximum atomic E-state index is 14.0. The zero-order chi connectivity index (χ0) is 16.0. The molecule has 7 heteroatoms. The molecule has 0 saturated carbocycles. The van der Waals surface area contributed by atoms with Crippen LogP contribution in [0.15, 0.2) is 24.3 Å². The van der Waals surface area contributed by atoms with Crippen LogP contribution in [-0.4, -0.2) is 12.3 Å². The lowest BCUT2D eigenvalue weighted by Crippen LogP contribution is -2.30. The second-order valence-corrected chi connectivity index (χ2v) is 5.30. The smallest absolute Gasteiger partial charge is 0.185 e. The van der Waals surface area contributed by atoms with Crippen LogP contribution in [0, 0.1) is 23.3 Å². The van der Waals surface area contributed by atoms with Gasteiger partial charge in [0, 0.05) is 23.2 Å². The molecule has 0 N–H and O–H groups in total. The first kappa shape index (κ1) is 14.8. The monoisotopic (exact) mass is 329 g/mol. The third-order valence-corrected chi connectivity index (χ3v) is 3.78. The molecule has 1 atom stereocenters. The van der Waals surface area contributed by atoms with Crippen molar-refractivity contribution < 1.29 is 22.4 Å². The van der Waals surface area contributed by atoms with Crippen LogP contribution < -0.4 is 4.90 Å². The van der Waals surface area contributed by atoms with Gasteiger partial charge < -0.3 is 9.69 Å². The Balaban J connectivity index is 2.26. The number of carbonyl (C=O) groups excluding carboxylic acids is 1. The number of fused-ring (bicyclic) bond motifs is 1. The summed E-state index contributed by atoms with van der Waals surface area (Å²) in [7, 11) is 0. The van der Waals surface area contributed by atoms with Crippen molar-refractivity contribution in [1.82, 2.24) is 0 Å². The first-order valence-corrected chi connectivity index (χ1v) is 6.67. The van der Waals surface area contributed by atoms with Gasteiger partial charge in [-0.25, -0.2) is 17.6 Å². The van der Waals surface area contributed by atoms with Gasteiger partial charge in [0.15, 0.2) is 23.3 Å². The molecule has 0 bridgehead atoms. The van der Waals surface area contributed by atoms with Crippen LogP contribution in [0.5, 0.6) is 0 Å². The van der Waals surface area contributed by atoms with Gasteiger partial charge >= 0.3 is 0 Å². The van der Waals surface area contributed by atoms with E-state index < -0.39 is 35.0 Å². The van der Waals surface area contributed by atoms with E-state index in [4.69, 9.17) is 11.6 Å². The number of hydrogen-bond acceptors (Lipinski definition) is 2. The van der Waals surface area contributed by atoms with E-state index in [9.17, 15) is 22.4 Å². The summed E-state index contributed by atoms with van der Waals surface area (Å²) < 4.78 is 54.9. The molecule has 0 amide bonds. The molecule has 0 saturated heterocycles. The van der Waals surface area contributed by atoms with Crippen LogP contribution in [0.3, 0.4) is 0 Å². The van der Waals surface area contributed by atoms with E-state index in [0.717, 1.165) is 4.90 Å². The molecule has 0 spiro atoms. The fourth-order valence-corrected chi connectivity index (χ4v) is 2.81. The van der Waals surface area contributed by atoms with Gasteiger partial charge in [0.05, 0.1) is 6.04 Å². The third-order valence-electron chi connectivity index (χ3n) is 3.55. The number of benzene rings is 2. The minimum atomic E-state index is -1.55. The summed E-state index contributed by atoms with van der Waals surface area (Å²) in [5.41, 5.74) is -0.0759. The average molecular weight is 330 g/mol. The van der Waals surface area contributed by atoms with Crippen molar-refractivity contribution in [2.24, 2.45) is 0 Å². The maximum absolute atomic E-state index is 14.0. The number of halogens is 5. The molecule has 3 rings (SSSR count). The highest BCUT2D eigenvalue weighted by atomic mass is 35.5. The highest BCUT2D eigenvalue weighted by Gasteiger charge is 2.35. The Morgan fingerprint density at radius 1 is 1.09 bits per heavy atom.